The largest absolute Gasteiger partial charge is 0.479 e. The van der Waals surface area contributed by atoms with Crippen molar-refractivity contribution in [1.82, 2.24) is 20.4 Å². The molecule has 0 radical (unpaired) electrons. The molecule has 0 aromatic rings. The number of amides is 3. The molecule has 0 spiro atoms. The highest BCUT2D eigenvalue weighted by molar-refractivity contribution is 6.74. The summed E-state index contributed by atoms with van der Waals surface area (Å²) >= 11 is 0. The van der Waals surface area contributed by atoms with E-state index in [1.165, 1.54) is 4.90 Å². The Labute approximate surface area is 257 Å². The second-order valence-electron chi connectivity index (χ2n) is 15.3. The predicted molar refractivity (Wildman–Crippen MR) is 165 cm³/mol. The summed E-state index contributed by atoms with van der Waals surface area (Å²) in [6.45, 7) is 17.2. The Hall–Kier alpha value is -2.44. The van der Waals surface area contributed by atoms with E-state index in [0.29, 0.717) is 19.0 Å². The minimum atomic E-state index is -2.25. The molecule has 242 valence electrons. The first kappa shape index (κ1) is 33.4. The van der Waals surface area contributed by atoms with Gasteiger partial charge in [0.05, 0.1) is 6.10 Å². The normalized spacial score (nSPS) is 31.3. The maximum atomic E-state index is 14.4. The van der Waals surface area contributed by atoms with Crippen LogP contribution >= 0.6 is 0 Å². The summed E-state index contributed by atoms with van der Waals surface area (Å²) in [7, 11) is -2.25. The van der Waals surface area contributed by atoms with E-state index in [2.05, 4.69) is 49.4 Å². The fourth-order valence-corrected chi connectivity index (χ4v) is 7.20. The Bertz CT molecular complexity index is 1130. The summed E-state index contributed by atoms with van der Waals surface area (Å²) in [4.78, 5) is 57.4. The maximum absolute atomic E-state index is 14.4. The zero-order valence-corrected chi connectivity index (χ0v) is 28.2. The van der Waals surface area contributed by atoms with Gasteiger partial charge >= 0.3 is 12.1 Å². The molecule has 11 nitrogen and oxygen atoms in total. The van der Waals surface area contributed by atoms with Gasteiger partial charge in [0.1, 0.15) is 23.2 Å². The van der Waals surface area contributed by atoms with Crippen molar-refractivity contribution in [3.63, 3.8) is 0 Å². The minimum absolute atomic E-state index is 0.0809. The van der Waals surface area contributed by atoms with Crippen molar-refractivity contribution in [3.8, 4) is 0 Å². The summed E-state index contributed by atoms with van der Waals surface area (Å²) < 4.78 is 12.2. The van der Waals surface area contributed by atoms with Gasteiger partial charge in [-0.05, 0) is 77.6 Å². The highest BCUT2D eigenvalue weighted by Crippen LogP contribution is 2.46. The Morgan fingerprint density at radius 3 is 2.37 bits per heavy atom. The lowest BCUT2D eigenvalue weighted by Gasteiger charge is -2.38. The average molecular weight is 621 g/mol. The third-order valence-corrected chi connectivity index (χ3v) is 14.0. The van der Waals surface area contributed by atoms with Gasteiger partial charge in [0.15, 0.2) is 8.32 Å². The van der Waals surface area contributed by atoms with Crippen LogP contribution in [0.4, 0.5) is 4.79 Å². The fourth-order valence-electron chi connectivity index (χ4n) is 5.84. The topological polar surface area (TPSA) is 138 Å². The van der Waals surface area contributed by atoms with Crippen molar-refractivity contribution in [2.75, 3.05) is 19.6 Å². The van der Waals surface area contributed by atoms with Crippen LogP contribution in [0.15, 0.2) is 12.2 Å². The number of fused-ring (bicyclic) bond motifs is 2. The van der Waals surface area contributed by atoms with E-state index in [9.17, 15) is 24.3 Å². The predicted octanol–water partition coefficient (Wildman–Crippen LogP) is 3.64. The van der Waals surface area contributed by atoms with Gasteiger partial charge < -0.3 is 29.8 Å². The number of carbonyl (C=O) groups excluding carboxylic acids is 3. The quantitative estimate of drug-likeness (QED) is 0.313. The van der Waals surface area contributed by atoms with Crippen LogP contribution in [0.2, 0.25) is 18.1 Å². The molecule has 4 rings (SSSR count). The van der Waals surface area contributed by atoms with E-state index in [4.69, 9.17) is 9.16 Å². The number of hydrogen-bond acceptors (Lipinski definition) is 7. The summed E-state index contributed by atoms with van der Waals surface area (Å²) in [5.74, 6) is -2.26. The zero-order valence-electron chi connectivity index (χ0n) is 27.2. The first-order valence-corrected chi connectivity index (χ1v) is 18.7. The van der Waals surface area contributed by atoms with E-state index >= 15 is 0 Å². The number of carbonyl (C=O) groups is 4. The Balaban J connectivity index is 1.68. The van der Waals surface area contributed by atoms with Gasteiger partial charge in [-0.3, -0.25) is 14.5 Å². The number of aliphatic carboxylic acids is 1. The Kier molecular flexibility index (Phi) is 9.46. The van der Waals surface area contributed by atoms with Gasteiger partial charge in [0, 0.05) is 31.5 Å². The van der Waals surface area contributed by atoms with Crippen LogP contribution in [0.25, 0.3) is 0 Å². The van der Waals surface area contributed by atoms with Crippen LogP contribution in [-0.2, 0) is 23.5 Å². The first-order valence-electron chi connectivity index (χ1n) is 15.8. The molecule has 3 fully saturated rings. The summed E-state index contributed by atoms with van der Waals surface area (Å²) in [5.41, 5.74) is -2.13. The maximum Gasteiger partial charge on any atom is 0.408 e. The van der Waals surface area contributed by atoms with Crippen molar-refractivity contribution in [2.24, 2.45) is 5.92 Å². The monoisotopic (exact) mass is 620 g/mol. The average Bonchev–Trinajstić information content (AvgIpc) is 3.77. The van der Waals surface area contributed by atoms with Crippen LogP contribution in [0.3, 0.4) is 0 Å². The molecular formula is C31H52N4O7Si. The molecule has 3 N–H and O–H groups in total. The van der Waals surface area contributed by atoms with Crippen molar-refractivity contribution in [2.45, 2.75) is 134 Å². The van der Waals surface area contributed by atoms with Crippen LogP contribution in [-0.4, -0.2) is 102 Å². The van der Waals surface area contributed by atoms with Gasteiger partial charge in [0.2, 0.25) is 11.8 Å². The van der Waals surface area contributed by atoms with Crippen LogP contribution in [0, 0.1) is 5.92 Å². The lowest BCUT2D eigenvalue weighted by Crippen LogP contribution is -2.59. The standard InChI is InChI=1S/C31H52N4O7Si/c1-29(2,3)41-28(40)32-23-19-34(21-13-14-21)15-11-9-10-12-20-17-31(20,27(38)39)33-25(36)24-16-22(18-35(24)26(23)37)42-43(7,8)30(4,5)6/h10,12,20-24H,9,11,13-19H2,1-8H3,(H,32,40)(H,33,36)(H,38,39)/t20-,22-,23+,24+,31-/m1/s1. The second kappa shape index (κ2) is 12.2. The van der Waals surface area contributed by atoms with E-state index in [-0.39, 0.29) is 29.8 Å². The van der Waals surface area contributed by atoms with Crippen molar-refractivity contribution < 1.29 is 33.4 Å². The van der Waals surface area contributed by atoms with E-state index < -0.39 is 55.6 Å². The summed E-state index contributed by atoms with van der Waals surface area (Å²) in [5, 5.41) is 15.7. The molecule has 4 aliphatic rings. The van der Waals surface area contributed by atoms with Crippen LogP contribution in [0.1, 0.15) is 80.1 Å². The summed E-state index contributed by atoms with van der Waals surface area (Å²) in [6.07, 6.45) is 7.03. The highest BCUT2D eigenvalue weighted by Gasteiger charge is 2.61. The van der Waals surface area contributed by atoms with E-state index in [0.717, 1.165) is 32.2 Å². The molecule has 0 aromatic carbocycles. The number of allylic oxidation sites excluding steroid dienone is 1. The molecule has 0 bridgehead atoms. The van der Waals surface area contributed by atoms with Crippen LogP contribution < -0.4 is 10.6 Å². The number of hydrogen-bond donors (Lipinski definition) is 3. The lowest BCUT2D eigenvalue weighted by molar-refractivity contribution is -0.145. The highest BCUT2D eigenvalue weighted by atomic mass is 28.4. The lowest BCUT2D eigenvalue weighted by atomic mass is 10.1. The van der Waals surface area contributed by atoms with Crippen LogP contribution in [0.5, 0.6) is 0 Å². The number of ether oxygens (including phenoxy) is 1. The molecule has 5 atom stereocenters. The molecule has 0 aromatic heterocycles. The van der Waals surface area contributed by atoms with Crippen molar-refractivity contribution in [3.05, 3.63) is 12.2 Å². The molecule has 2 aliphatic carbocycles. The van der Waals surface area contributed by atoms with Gasteiger partial charge in [-0.1, -0.05) is 32.9 Å². The fraction of sp³-hybridized carbons (Fsp3) is 0.806. The second-order valence-corrected chi connectivity index (χ2v) is 20.1. The third kappa shape index (κ3) is 7.99. The smallest absolute Gasteiger partial charge is 0.408 e. The molecular weight excluding hydrogens is 568 g/mol. The number of carboxylic acids is 1. The number of nitrogens with zero attached hydrogens (tertiary/aromatic N) is 2. The van der Waals surface area contributed by atoms with Gasteiger partial charge in [-0.2, -0.15) is 0 Å². The molecule has 2 heterocycles. The number of alkyl carbamates (subject to hydrolysis) is 1. The Morgan fingerprint density at radius 1 is 1.12 bits per heavy atom. The molecule has 0 unspecified atom stereocenters. The SMILES string of the molecule is CC(C)(C)OC(=O)N[C@H]1CN(C2CC2)CCCC=C[C@@H]2C[C@@]2(C(=O)O)NC(=O)[C@@H]2C[C@@H](O[Si](C)(C)C(C)(C)C)CN2C1=O. The van der Waals surface area contributed by atoms with Gasteiger partial charge in [0.25, 0.3) is 0 Å². The minimum Gasteiger partial charge on any atom is -0.479 e. The van der Waals surface area contributed by atoms with Crippen molar-refractivity contribution >= 4 is 32.2 Å². The molecule has 12 heteroatoms. The van der Waals surface area contributed by atoms with Gasteiger partial charge in [-0.15, -0.1) is 0 Å². The third-order valence-electron chi connectivity index (χ3n) is 9.51. The molecule has 2 saturated carbocycles. The Morgan fingerprint density at radius 2 is 1.79 bits per heavy atom. The van der Waals surface area contributed by atoms with Crippen molar-refractivity contribution in [1.29, 1.82) is 0 Å². The van der Waals surface area contributed by atoms with Gasteiger partial charge in [-0.25, -0.2) is 9.59 Å². The first-order chi connectivity index (χ1) is 19.8. The number of nitrogens with one attached hydrogen (secondary N) is 2. The molecule has 2 aliphatic heterocycles. The molecule has 1 saturated heterocycles. The molecule has 3 amide bonds. The van der Waals surface area contributed by atoms with E-state index in [1.54, 1.807) is 20.8 Å². The summed E-state index contributed by atoms with van der Waals surface area (Å²) in [6, 6.07) is -1.53. The number of carboxylic acid groups (broad SMARTS) is 1. The zero-order chi connectivity index (χ0) is 32.0. The molecule has 43 heavy (non-hydrogen) atoms. The number of rotatable bonds is 5. The van der Waals surface area contributed by atoms with E-state index in [1.807, 2.05) is 12.2 Å².